The fraction of sp³-hybridized carbons (Fsp3) is 0.420. The van der Waals surface area contributed by atoms with Gasteiger partial charge >= 0.3 is 6.01 Å². The molecule has 0 radical (unpaired) electrons. The van der Waals surface area contributed by atoms with Gasteiger partial charge in [0.15, 0.2) is 5.75 Å². The van der Waals surface area contributed by atoms with E-state index in [0.717, 1.165) is 11.5 Å². The van der Waals surface area contributed by atoms with E-state index in [-0.39, 0.29) is 42.7 Å². The number of rotatable bonds is 14. The zero-order valence-corrected chi connectivity index (χ0v) is 42.9. The molecule has 378 valence electrons. The van der Waals surface area contributed by atoms with Gasteiger partial charge in [-0.25, -0.2) is 39.9 Å². The van der Waals surface area contributed by atoms with E-state index in [4.69, 9.17) is 33.2 Å². The van der Waals surface area contributed by atoms with Crippen LogP contribution in [0.2, 0.25) is 0 Å². The van der Waals surface area contributed by atoms with Crippen molar-refractivity contribution in [2.75, 3.05) is 0 Å². The Morgan fingerprint density at radius 1 is 0.300 bits per heavy atom. The predicted octanol–water partition coefficient (Wildman–Crippen LogP) is 9.45. The molecule has 0 bridgehead atoms. The first-order chi connectivity index (χ1) is 33.5. The lowest BCUT2D eigenvalue weighted by molar-refractivity contribution is 0.222. The molecule has 0 aliphatic rings. The maximum atomic E-state index is 5.31. The zero-order valence-electron chi connectivity index (χ0n) is 42.9. The SMILES string of the molecule is CC(C)Oc1ccccn1.CC(C)Oc1cccnn1.CC(C)Oc1ccncn1.CC(C)Oc1ccnnc1.CC(C)Oc1cnccn1.CC(C)Oc1cncnc1.CC(C)Oc1ncccn1. The van der Waals surface area contributed by atoms with Crippen molar-refractivity contribution in [1.29, 1.82) is 0 Å². The van der Waals surface area contributed by atoms with Crippen LogP contribution in [0.4, 0.5) is 0 Å². The molecule has 7 aromatic heterocycles. The van der Waals surface area contributed by atoms with Crippen LogP contribution in [-0.2, 0) is 0 Å². The summed E-state index contributed by atoms with van der Waals surface area (Å²) in [7, 11) is 0. The van der Waals surface area contributed by atoms with E-state index in [0.29, 0.717) is 29.5 Å². The molecule has 0 unspecified atom stereocenters. The number of nitrogens with zero attached hydrogens (tertiary/aromatic N) is 13. The van der Waals surface area contributed by atoms with Gasteiger partial charge in [0.1, 0.15) is 18.4 Å². The highest BCUT2D eigenvalue weighted by Gasteiger charge is 2.00. The highest BCUT2D eigenvalue weighted by atomic mass is 16.5. The van der Waals surface area contributed by atoms with Gasteiger partial charge in [-0.2, -0.15) is 15.3 Å². The van der Waals surface area contributed by atoms with E-state index in [1.54, 1.807) is 105 Å². The fourth-order valence-corrected chi connectivity index (χ4v) is 4.22. The number of pyridine rings is 1. The molecule has 0 aliphatic carbocycles. The highest BCUT2D eigenvalue weighted by Crippen LogP contribution is 2.09. The van der Waals surface area contributed by atoms with Crippen LogP contribution in [0.15, 0.2) is 136 Å². The van der Waals surface area contributed by atoms with Crippen molar-refractivity contribution in [2.45, 2.75) is 140 Å². The van der Waals surface area contributed by atoms with Crippen LogP contribution >= 0.6 is 0 Å². The summed E-state index contributed by atoms with van der Waals surface area (Å²) in [6, 6.07) is 14.9. The molecule has 7 rings (SSSR count). The average molecular weight is 966 g/mol. The largest absolute Gasteiger partial charge is 0.489 e. The van der Waals surface area contributed by atoms with E-state index in [1.165, 1.54) is 12.7 Å². The Bertz CT molecular complexity index is 1750. The Labute approximate surface area is 413 Å². The molecule has 0 aromatic carbocycles. The normalized spacial score (nSPS) is 9.90. The lowest BCUT2D eigenvalue weighted by Gasteiger charge is -2.06. The molecule has 0 N–H and O–H groups in total. The van der Waals surface area contributed by atoms with Crippen LogP contribution in [-0.4, -0.2) is 108 Å². The topological polar surface area (TPSA) is 232 Å². The van der Waals surface area contributed by atoms with Crippen molar-refractivity contribution in [1.82, 2.24) is 65.3 Å². The number of ether oxygens (including phenoxy) is 7. The molecular formula is C50H71N13O7. The Kier molecular flexibility index (Phi) is 32.9. The van der Waals surface area contributed by atoms with Gasteiger partial charge in [0.05, 0.1) is 73.7 Å². The number of aromatic nitrogens is 13. The average Bonchev–Trinajstić information content (AvgIpc) is 3.31. The van der Waals surface area contributed by atoms with Crippen molar-refractivity contribution < 1.29 is 33.2 Å². The third-order valence-electron chi connectivity index (χ3n) is 6.43. The number of hydrogen-bond acceptors (Lipinski definition) is 20. The third-order valence-corrected chi connectivity index (χ3v) is 6.43. The summed E-state index contributed by atoms with van der Waals surface area (Å²) in [4.78, 5) is 34.8. The quantitative estimate of drug-likeness (QED) is 0.0987. The minimum Gasteiger partial charge on any atom is -0.489 e. The van der Waals surface area contributed by atoms with Gasteiger partial charge in [0.25, 0.3) is 0 Å². The molecule has 0 fully saturated rings. The molecule has 0 amide bonds. The zero-order chi connectivity index (χ0) is 51.8. The molecule has 20 nitrogen and oxygen atoms in total. The third kappa shape index (κ3) is 36.4. The van der Waals surface area contributed by atoms with E-state index >= 15 is 0 Å². The number of hydrogen-bond donors (Lipinski definition) is 0. The van der Waals surface area contributed by atoms with Crippen LogP contribution in [0.3, 0.4) is 0 Å². The second-order valence-corrected chi connectivity index (χ2v) is 15.7. The van der Waals surface area contributed by atoms with Gasteiger partial charge in [-0.1, -0.05) is 6.07 Å². The summed E-state index contributed by atoms with van der Waals surface area (Å²) in [5, 5.41) is 14.7. The van der Waals surface area contributed by atoms with E-state index in [2.05, 4.69) is 65.3 Å². The Morgan fingerprint density at radius 3 is 1.33 bits per heavy atom. The van der Waals surface area contributed by atoms with Gasteiger partial charge < -0.3 is 33.2 Å². The molecule has 0 saturated heterocycles. The summed E-state index contributed by atoms with van der Waals surface area (Å²) < 4.78 is 36.8. The summed E-state index contributed by atoms with van der Waals surface area (Å²) in [5.41, 5.74) is 0. The summed E-state index contributed by atoms with van der Waals surface area (Å²) >= 11 is 0. The van der Waals surface area contributed by atoms with Crippen molar-refractivity contribution in [2.24, 2.45) is 0 Å². The summed E-state index contributed by atoms with van der Waals surface area (Å²) in [5.74, 6) is 3.97. The van der Waals surface area contributed by atoms with Crippen LogP contribution in [0.1, 0.15) is 96.9 Å². The predicted molar refractivity (Wildman–Crippen MR) is 267 cm³/mol. The molecule has 0 saturated carbocycles. The van der Waals surface area contributed by atoms with Crippen molar-refractivity contribution in [3.63, 3.8) is 0 Å². The van der Waals surface area contributed by atoms with Crippen molar-refractivity contribution in [3.05, 3.63) is 136 Å². The second-order valence-electron chi connectivity index (χ2n) is 15.7. The van der Waals surface area contributed by atoms with Crippen LogP contribution in [0.25, 0.3) is 0 Å². The van der Waals surface area contributed by atoms with Gasteiger partial charge in [0.2, 0.25) is 23.5 Å². The first-order valence-corrected chi connectivity index (χ1v) is 22.7. The van der Waals surface area contributed by atoms with E-state index < -0.39 is 0 Å². The van der Waals surface area contributed by atoms with Crippen LogP contribution < -0.4 is 33.2 Å². The molecule has 20 heteroatoms. The molecule has 70 heavy (non-hydrogen) atoms. The fourth-order valence-electron chi connectivity index (χ4n) is 4.22. The summed E-state index contributed by atoms with van der Waals surface area (Å²) in [6.07, 6.45) is 23.8. The van der Waals surface area contributed by atoms with Crippen molar-refractivity contribution >= 4 is 0 Å². The lowest BCUT2D eigenvalue weighted by Crippen LogP contribution is -2.07. The lowest BCUT2D eigenvalue weighted by atomic mass is 10.4. The standard InChI is InChI=1S/C8H11NO.6C7H10N2O/c1-7(2)10-8-5-3-4-6-9-8;1-6(2)10-7-3-8-5-9-4-7;1-6(2)10-7-5-8-3-4-9-7;1-6(2)10-7-3-4-8-5-9-7;1-6(2)10-7-3-4-8-9-5-7;1-6(2)10-7-8-4-3-5-9-7;1-6(2)10-7-4-3-5-8-9-7/h3-7H,1-2H3;6*3-6H,1-2H3. The Morgan fingerprint density at radius 2 is 0.843 bits per heavy atom. The Hall–Kier alpha value is -7.77. The van der Waals surface area contributed by atoms with Crippen molar-refractivity contribution in [3.8, 4) is 41.0 Å². The van der Waals surface area contributed by atoms with Gasteiger partial charge in [-0.15, -0.1) is 5.10 Å². The molecule has 0 aliphatic heterocycles. The smallest absolute Gasteiger partial charge is 0.316 e. The van der Waals surface area contributed by atoms with Crippen LogP contribution in [0, 0.1) is 0 Å². The van der Waals surface area contributed by atoms with Gasteiger partial charge in [0, 0.05) is 67.6 Å². The molecule has 0 spiro atoms. The minimum absolute atomic E-state index is 0.141. The minimum atomic E-state index is 0.141. The monoisotopic (exact) mass is 966 g/mol. The molecule has 0 atom stereocenters. The first kappa shape index (κ1) is 60.2. The van der Waals surface area contributed by atoms with Crippen LogP contribution in [0.5, 0.6) is 41.0 Å². The van der Waals surface area contributed by atoms with E-state index in [1.807, 2.05) is 115 Å². The molecule has 7 heterocycles. The maximum Gasteiger partial charge on any atom is 0.316 e. The molecule has 7 aromatic rings. The second kappa shape index (κ2) is 38.2. The van der Waals surface area contributed by atoms with E-state index in [9.17, 15) is 0 Å². The Balaban J connectivity index is 0.000000408. The molecular weight excluding hydrogens is 895 g/mol. The maximum absolute atomic E-state index is 5.31. The first-order valence-electron chi connectivity index (χ1n) is 22.7. The van der Waals surface area contributed by atoms with Gasteiger partial charge in [-0.3, -0.25) is 4.98 Å². The summed E-state index contributed by atoms with van der Waals surface area (Å²) in [6.45, 7) is 27.5. The van der Waals surface area contributed by atoms with Gasteiger partial charge in [-0.05, 0) is 115 Å². The highest BCUT2D eigenvalue weighted by molar-refractivity contribution is 5.13.